The highest BCUT2D eigenvalue weighted by Crippen LogP contribution is 2.13. The molecule has 0 spiro atoms. The van der Waals surface area contributed by atoms with Crippen molar-refractivity contribution in [1.82, 2.24) is 4.90 Å². The lowest BCUT2D eigenvalue weighted by Gasteiger charge is -2.27. The Balaban J connectivity index is 2.24. The van der Waals surface area contributed by atoms with Crippen LogP contribution in [-0.2, 0) is 4.74 Å². The fourth-order valence-corrected chi connectivity index (χ4v) is 1.97. The Bertz CT molecular complexity index is 479. The van der Waals surface area contributed by atoms with Crippen LogP contribution < -0.4 is 5.73 Å². The van der Waals surface area contributed by atoms with Crippen LogP contribution in [0.4, 0.5) is 0 Å². The van der Waals surface area contributed by atoms with Crippen molar-refractivity contribution in [3.05, 3.63) is 34.9 Å². The number of ether oxygens (including phenoxy) is 1. The molecule has 1 aliphatic heterocycles. The van der Waals surface area contributed by atoms with Gasteiger partial charge in [0.1, 0.15) is 0 Å². The molecule has 0 bridgehead atoms. The zero-order chi connectivity index (χ0) is 13.1. The summed E-state index contributed by atoms with van der Waals surface area (Å²) in [7, 11) is 0. The van der Waals surface area contributed by atoms with Gasteiger partial charge in [-0.3, -0.25) is 9.59 Å². The molecule has 18 heavy (non-hydrogen) atoms. The molecule has 96 valence electrons. The number of carbonyl (C=O) groups is 2. The van der Waals surface area contributed by atoms with Gasteiger partial charge in [0.15, 0.2) is 0 Å². The highest BCUT2D eigenvalue weighted by molar-refractivity contribution is 6.00. The van der Waals surface area contributed by atoms with Gasteiger partial charge in [-0.15, -0.1) is 0 Å². The second-order valence-corrected chi connectivity index (χ2v) is 4.30. The fraction of sp³-hybridized carbons (Fsp3) is 0.385. The predicted molar refractivity (Wildman–Crippen MR) is 66.4 cm³/mol. The Morgan fingerprint density at radius 3 is 2.56 bits per heavy atom. The quantitative estimate of drug-likeness (QED) is 0.831. The van der Waals surface area contributed by atoms with E-state index in [-0.39, 0.29) is 5.91 Å². The fourth-order valence-electron chi connectivity index (χ4n) is 1.97. The lowest BCUT2D eigenvalue weighted by molar-refractivity contribution is 0.0303. The van der Waals surface area contributed by atoms with E-state index in [9.17, 15) is 9.59 Å². The van der Waals surface area contributed by atoms with Crippen LogP contribution in [0.1, 0.15) is 26.3 Å². The van der Waals surface area contributed by atoms with Crippen molar-refractivity contribution in [2.45, 2.75) is 6.92 Å². The number of carbonyl (C=O) groups excluding carboxylic acids is 2. The van der Waals surface area contributed by atoms with E-state index in [4.69, 9.17) is 10.5 Å². The van der Waals surface area contributed by atoms with Crippen LogP contribution in [0.15, 0.2) is 18.2 Å². The summed E-state index contributed by atoms with van der Waals surface area (Å²) in [4.78, 5) is 25.2. The molecule has 2 N–H and O–H groups in total. The monoisotopic (exact) mass is 248 g/mol. The van der Waals surface area contributed by atoms with Gasteiger partial charge in [-0.1, -0.05) is 6.07 Å². The number of nitrogens with two attached hydrogens (primary N) is 1. The normalized spacial score (nSPS) is 15.5. The van der Waals surface area contributed by atoms with Crippen LogP contribution >= 0.6 is 0 Å². The predicted octanol–water partition coefficient (Wildman–Crippen LogP) is 0.566. The smallest absolute Gasteiger partial charge is 0.254 e. The van der Waals surface area contributed by atoms with Crippen molar-refractivity contribution in [3.8, 4) is 0 Å². The van der Waals surface area contributed by atoms with Gasteiger partial charge < -0.3 is 15.4 Å². The van der Waals surface area contributed by atoms with Crippen LogP contribution in [0.5, 0.6) is 0 Å². The molecule has 5 nitrogen and oxygen atoms in total. The standard InChI is InChI=1S/C13H16N2O3/c1-9-2-3-10(8-11(9)12(14)16)13(17)15-4-6-18-7-5-15/h2-3,8H,4-7H2,1H3,(H2,14,16). The van der Waals surface area contributed by atoms with Gasteiger partial charge in [-0.2, -0.15) is 0 Å². The van der Waals surface area contributed by atoms with E-state index >= 15 is 0 Å². The van der Waals surface area contributed by atoms with Crippen LogP contribution in [0.2, 0.25) is 0 Å². The van der Waals surface area contributed by atoms with Crippen molar-refractivity contribution >= 4 is 11.8 Å². The van der Waals surface area contributed by atoms with Gasteiger partial charge in [0.2, 0.25) is 5.91 Å². The molecule has 1 heterocycles. The molecule has 1 saturated heterocycles. The number of amides is 2. The van der Waals surface area contributed by atoms with E-state index in [2.05, 4.69) is 0 Å². The van der Waals surface area contributed by atoms with Crippen molar-refractivity contribution < 1.29 is 14.3 Å². The van der Waals surface area contributed by atoms with Crippen LogP contribution in [0, 0.1) is 6.92 Å². The SMILES string of the molecule is Cc1ccc(C(=O)N2CCOCC2)cc1C(N)=O. The molecular weight excluding hydrogens is 232 g/mol. The molecule has 2 amide bonds. The third kappa shape index (κ3) is 2.51. The van der Waals surface area contributed by atoms with Gasteiger partial charge in [0, 0.05) is 24.2 Å². The molecule has 0 saturated carbocycles. The first-order valence-electron chi connectivity index (χ1n) is 5.87. The largest absolute Gasteiger partial charge is 0.378 e. The molecule has 0 unspecified atom stereocenters. The van der Waals surface area contributed by atoms with Gasteiger partial charge in [0.25, 0.3) is 5.91 Å². The van der Waals surface area contributed by atoms with Crippen molar-refractivity contribution in [3.63, 3.8) is 0 Å². The lowest BCUT2D eigenvalue weighted by atomic mass is 10.0. The minimum absolute atomic E-state index is 0.0826. The maximum atomic E-state index is 12.2. The second kappa shape index (κ2) is 5.18. The first-order chi connectivity index (χ1) is 8.59. The number of primary amides is 1. The summed E-state index contributed by atoms with van der Waals surface area (Å²) < 4.78 is 5.20. The minimum Gasteiger partial charge on any atom is -0.378 e. The Morgan fingerprint density at radius 2 is 1.94 bits per heavy atom. The van der Waals surface area contributed by atoms with Gasteiger partial charge >= 0.3 is 0 Å². The van der Waals surface area contributed by atoms with Crippen molar-refractivity contribution in [1.29, 1.82) is 0 Å². The number of nitrogens with zero attached hydrogens (tertiary/aromatic N) is 1. The minimum atomic E-state index is -0.510. The van der Waals surface area contributed by atoms with Crippen LogP contribution in [0.25, 0.3) is 0 Å². The Morgan fingerprint density at radius 1 is 1.28 bits per heavy atom. The third-order valence-electron chi connectivity index (χ3n) is 3.05. The van der Waals surface area contributed by atoms with Gasteiger partial charge in [-0.05, 0) is 24.6 Å². The Kier molecular flexibility index (Phi) is 3.62. The summed E-state index contributed by atoms with van der Waals surface area (Å²) in [6.07, 6.45) is 0. The van der Waals surface area contributed by atoms with Crippen molar-refractivity contribution in [2.75, 3.05) is 26.3 Å². The summed E-state index contributed by atoms with van der Waals surface area (Å²) in [5.74, 6) is -0.593. The van der Waals surface area contributed by atoms with Crippen molar-refractivity contribution in [2.24, 2.45) is 5.73 Å². The molecule has 1 aliphatic rings. The highest BCUT2D eigenvalue weighted by Gasteiger charge is 2.19. The molecule has 5 heteroatoms. The summed E-state index contributed by atoms with van der Waals surface area (Å²) in [5, 5.41) is 0. The molecular formula is C13H16N2O3. The van der Waals surface area contributed by atoms with Gasteiger partial charge in [0.05, 0.1) is 13.2 Å². The van der Waals surface area contributed by atoms with E-state index in [1.165, 1.54) is 0 Å². The maximum absolute atomic E-state index is 12.2. The first kappa shape index (κ1) is 12.6. The molecule has 2 rings (SSSR count). The Labute approximate surface area is 106 Å². The molecule has 1 fully saturated rings. The number of hydrogen-bond acceptors (Lipinski definition) is 3. The van der Waals surface area contributed by atoms with E-state index in [1.54, 1.807) is 30.0 Å². The molecule has 0 aromatic heterocycles. The summed E-state index contributed by atoms with van der Waals surface area (Å²) in [6.45, 7) is 4.07. The molecule has 0 radical (unpaired) electrons. The van der Waals surface area contributed by atoms with Gasteiger partial charge in [-0.25, -0.2) is 0 Å². The number of aryl methyl sites for hydroxylation is 1. The van der Waals surface area contributed by atoms with E-state index < -0.39 is 5.91 Å². The number of rotatable bonds is 2. The van der Waals surface area contributed by atoms with E-state index in [0.717, 1.165) is 5.56 Å². The maximum Gasteiger partial charge on any atom is 0.254 e. The average Bonchev–Trinajstić information content (AvgIpc) is 2.39. The summed E-state index contributed by atoms with van der Waals surface area (Å²) in [6, 6.07) is 5.03. The molecule has 1 aromatic carbocycles. The number of hydrogen-bond donors (Lipinski definition) is 1. The zero-order valence-electron chi connectivity index (χ0n) is 10.3. The average molecular weight is 248 g/mol. The van der Waals surface area contributed by atoms with Crippen LogP contribution in [-0.4, -0.2) is 43.0 Å². The number of morpholine rings is 1. The summed E-state index contributed by atoms with van der Waals surface area (Å²) >= 11 is 0. The van der Waals surface area contributed by atoms with Crippen LogP contribution in [0.3, 0.4) is 0 Å². The topological polar surface area (TPSA) is 72.6 Å². The zero-order valence-corrected chi connectivity index (χ0v) is 10.3. The van der Waals surface area contributed by atoms with E-state index in [0.29, 0.717) is 37.4 Å². The lowest BCUT2D eigenvalue weighted by Crippen LogP contribution is -2.40. The molecule has 0 aliphatic carbocycles. The molecule has 0 atom stereocenters. The highest BCUT2D eigenvalue weighted by atomic mass is 16.5. The Hall–Kier alpha value is -1.88. The third-order valence-corrected chi connectivity index (χ3v) is 3.05. The van der Waals surface area contributed by atoms with E-state index in [1.807, 2.05) is 0 Å². The number of benzene rings is 1. The molecule has 1 aromatic rings. The second-order valence-electron chi connectivity index (χ2n) is 4.30. The summed E-state index contributed by atoms with van der Waals surface area (Å²) in [5.41, 5.74) is 6.95. The first-order valence-corrected chi connectivity index (χ1v) is 5.87.